The highest BCUT2D eigenvalue weighted by atomic mass is 32.2. The van der Waals surface area contributed by atoms with Crippen LogP contribution in [0.5, 0.6) is 0 Å². The average molecular weight is 274 g/mol. The standard InChI is InChI=1S/C12H18O5S/c1-5-10(13)16-8(3)12(14)17-11-6-15-7(2)9(4)18-11/h5,7-9,11H,1,6H2,2-4H3. The summed E-state index contributed by atoms with van der Waals surface area (Å²) in [5.41, 5.74) is -0.353. The molecule has 0 aromatic rings. The smallest absolute Gasteiger partial charge is 0.348 e. The van der Waals surface area contributed by atoms with E-state index in [2.05, 4.69) is 6.58 Å². The van der Waals surface area contributed by atoms with Crippen molar-refractivity contribution in [3.63, 3.8) is 0 Å². The van der Waals surface area contributed by atoms with Gasteiger partial charge in [0.2, 0.25) is 0 Å². The molecule has 1 aliphatic rings. The summed E-state index contributed by atoms with van der Waals surface area (Å²) in [6.07, 6.45) is 0.207. The summed E-state index contributed by atoms with van der Waals surface area (Å²) in [6.45, 7) is 9.06. The van der Waals surface area contributed by atoms with Crippen molar-refractivity contribution in [2.75, 3.05) is 6.61 Å². The van der Waals surface area contributed by atoms with Gasteiger partial charge in [0.25, 0.3) is 0 Å². The van der Waals surface area contributed by atoms with Crippen LogP contribution in [0.15, 0.2) is 12.7 Å². The molecule has 5 nitrogen and oxygen atoms in total. The van der Waals surface area contributed by atoms with Crippen molar-refractivity contribution < 1.29 is 23.8 Å². The van der Waals surface area contributed by atoms with E-state index in [9.17, 15) is 9.59 Å². The second-order valence-corrected chi connectivity index (χ2v) is 5.57. The van der Waals surface area contributed by atoms with Crippen LogP contribution < -0.4 is 0 Å². The molecule has 1 heterocycles. The molecule has 4 atom stereocenters. The third kappa shape index (κ3) is 4.34. The zero-order valence-electron chi connectivity index (χ0n) is 10.8. The predicted molar refractivity (Wildman–Crippen MR) is 68.1 cm³/mol. The summed E-state index contributed by atoms with van der Waals surface area (Å²) < 4.78 is 15.4. The van der Waals surface area contributed by atoms with Gasteiger partial charge in [-0.05, 0) is 13.8 Å². The Bertz CT molecular complexity index is 330. The minimum atomic E-state index is -0.939. The maximum atomic E-state index is 11.6. The normalized spacial score (nSPS) is 29.2. The van der Waals surface area contributed by atoms with Gasteiger partial charge in [-0.25, -0.2) is 9.59 Å². The van der Waals surface area contributed by atoms with Gasteiger partial charge in [0.05, 0.1) is 12.7 Å². The van der Waals surface area contributed by atoms with Crippen LogP contribution in [0.25, 0.3) is 0 Å². The van der Waals surface area contributed by atoms with E-state index in [-0.39, 0.29) is 16.8 Å². The monoisotopic (exact) mass is 274 g/mol. The first-order chi connectivity index (χ1) is 8.43. The zero-order valence-corrected chi connectivity index (χ0v) is 11.6. The Hall–Kier alpha value is -1.01. The number of thioether (sulfide) groups is 1. The maximum absolute atomic E-state index is 11.6. The van der Waals surface area contributed by atoms with Crippen molar-refractivity contribution in [1.29, 1.82) is 0 Å². The number of ether oxygens (including phenoxy) is 3. The van der Waals surface area contributed by atoms with E-state index in [1.54, 1.807) is 0 Å². The summed E-state index contributed by atoms with van der Waals surface area (Å²) in [5, 5.41) is 0.252. The summed E-state index contributed by atoms with van der Waals surface area (Å²) >= 11 is 1.54. The fraction of sp³-hybridized carbons (Fsp3) is 0.667. The lowest BCUT2D eigenvalue weighted by Crippen LogP contribution is -2.37. The van der Waals surface area contributed by atoms with Crippen LogP contribution in [0.2, 0.25) is 0 Å². The summed E-state index contributed by atoms with van der Waals surface area (Å²) in [4.78, 5) is 22.6. The Labute approximate surface area is 111 Å². The molecule has 1 saturated heterocycles. The van der Waals surface area contributed by atoms with E-state index >= 15 is 0 Å². The first-order valence-corrected chi connectivity index (χ1v) is 6.69. The fourth-order valence-corrected chi connectivity index (χ4v) is 2.40. The first-order valence-electron chi connectivity index (χ1n) is 5.74. The van der Waals surface area contributed by atoms with Crippen LogP contribution in [0.1, 0.15) is 20.8 Å². The zero-order chi connectivity index (χ0) is 13.7. The van der Waals surface area contributed by atoms with E-state index in [1.807, 2.05) is 13.8 Å². The molecule has 0 aromatic carbocycles. The Morgan fingerprint density at radius 2 is 2.17 bits per heavy atom. The molecule has 4 unspecified atom stereocenters. The molecule has 0 saturated carbocycles. The highest BCUT2D eigenvalue weighted by Crippen LogP contribution is 2.28. The molecule has 0 amide bonds. The summed E-state index contributed by atoms with van der Waals surface area (Å²) in [6, 6.07) is 0. The molecule has 1 rings (SSSR count). The van der Waals surface area contributed by atoms with Gasteiger partial charge in [-0.3, -0.25) is 0 Å². The molecule has 1 fully saturated rings. The number of rotatable bonds is 4. The van der Waals surface area contributed by atoms with E-state index in [0.717, 1.165) is 6.08 Å². The Morgan fingerprint density at radius 3 is 2.72 bits per heavy atom. The topological polar surface area (TPSA) is 61.8 Å². The highest BCUT2D eigenvalue weighted by Gasteiger charge is 2.30. The van der Waals surface area contributed by atoms with E-state index in [1.165, 1.54) is 18.7 Å². The average Bonchev–Trinajstić information content (AvgIpc) is 2.33. The van der Waals surface area contributed by atoms with Crippen molar-refractivity contribution in [2.45, 2.75) is 43.7 Å². The lowest BCUT2D eigenvalue weighted by Gasteiger charge is -2.31. The number of carbonyl (C=O) groups excluding carboxylic acids is 2. The molecule has 18 heavy (non-hydrogen) atoms. The fourth-order valence-electron chi connectivity index (χ4n) is 1.31. The number of hydrogen-bond donors (Lipinski definition) is 0. The molecule has 0 aromatic heterocycles. The largest absolute Gasteiger partial charge is 0.447 e. The van der Waals surface area contributed by atoms with E-state index in [4.69, 9.17) is 14.2 Å². The highest BCUT2D eigenvalue weighted by molar-refractivity contribution is 8.00. The first kappa shape index (κ1) is 15.0. The van der Waals surface area contributed by atoms with Crippen LogP contribution >= 0.6 is 11.8 Å². The van der Waals surface area contributed by atoms with Crippen LogP contribution in [-0.2, 0) is 23.8 Å². The quantitative estimate of drug-likeness (QED) is 0.572. The third-order valence-electron chi connectivity index (χ3n) is 2.56. The minimum absolute atomic E-state index is 0.140. The minimum Gasteiger partial charge on any atom is -0.447 e. The van der Waals surface area contributed by atoms with Gasteiger partial charge >= 0.3 is 11.9 Å². The Kier molecular flexibility index (Phi) is 5.68. The van der Waals surface area contributed by atoms with Gasteiger partial charge in [-0.15, -0.1) is 11.8 Å². The molecular formula is C12H18O5S. The molecule has 102 valence electrons. The van der Waals surface area contributed by atoms with Gasteiger partial charge in [0.1, 0.15) is 0 Å². The van der Waals surface area contributed by atoms with Crippen LogP contribution in [0.3, 0.4) is 0 Å². The number of esters is 2. The molecule has 1 aliphatic heterocycles. The van der Waals surface area contributed by atoms with Gasteiger partial charge in [0.15, 0.2) is 11.5 Å². The lowest BCUT2D eigenvalue weighted by molar-refractivity contribution is -0.167. The SMILES string of the molecule is C=CC(=O)OC(C)C(=O)OC1COC(C)C(C)S1. The van der Waals surface area contributed by atoms with Gasteiger partial charge < -0.3 is 14.2 Å². The summed E-state index contributed by atoms with van der Waals surface area (Å²) in [5.74, 6) is -1.22. The molecule has 0 aliphatic carbocycles. The number of hydrogen-bond acceptors (Lipinski definition) is 6. The predicted octanol–water partition coefficient (Wildman–Crippen LogP) is 1.51. The second kappa shape index (κ2) is 6.80. The molecule has 0 bridgehead atoms. The van der Waals surface area contributed by atoms with Gasteiger partial charge in [-0.1, -0.05) is 13.5 Å². The Morgan fingerprint density at radius 1 is 1.50 bits per heavy atom. The third-order valence-corrected chi connectivity index (χ3v) is 3.91. The van der Waals surface area contributed by atoms with Crippen molar-refractivity contribution in [3.8, 4) is 0 Å². The molecular weight excluding hydrogens is 256 g/mol. The number of carbonyl (C=O) groups is 2. The Balaban J connectivity index is 2.40. The maximum Gasteiger partial charge on any atom is 0.348 e. The molecule has 0 N–H and O–H groups in total. The van der Waals surface area contributed by atoms with Crippen LogP contribution in [-0.4, -0.2) is 41.4 Å². The van der Waals surface area contributed by atoms with Gasteiger partial charge in [-0.2, -0.15) is 0 Å². The molecule has 6 heteroatoms. The van der Waals surface area contributed by atoms with E-state index < -0.39 is 18.0 Å². The second-order valence-electron chi connectivity index (χ2n) is 4.03. The van der Waals surface area contributed by atoms with Crippen molar-refractivity contribution >= 4 is 23.7 Å². The lowest BCUT2D eigenvalue weighted by atomic mass is 10.3. The van der Waals surface area contributed by atoms with Gasteiger partial charge in [0, 0.05) is 11.3 Å². The molecule has 0 radical (unpaired) electrons. The van der Waals surface area contributed by atoms with Crippen molar-refractivity contribution in [1.82, 2.24) is 0 Å². The van der Waals surface area contributed by atoms with Crippen molar-refractivity contribution in [2.24, 2.45) is 0 Å². The van der Waals surface area contributed by atoms with Crippen LogP contribution in [0, 0.1) is 0 Å². The van der Waals surface area contributed by atoms with Crippen LogP contribution in [0.4, 0.5) is 0 Å². The van der Waals surface area contributed by atoms with E-state index in [0.29, 0.717) is 6.61 Å². The molecule has 0 spiro atoms. The summed E-state index contributed by atoms with van der Waals surface area (Å²) in [7, 11) is 0. The van der Waals surface area contributed by atoms with Crippen molar-refractivity contribution in [3.05, 3.63) is 12.7 Å².